The van der Waals surface area contributed by atoms with Crippen LogP contribution in [0, 0.1) is 0 Å². The summed E-state index contributed by atoms with van der Waals surface area (Å²) in [6.45, 7) is 0.955. The molecule has 1 aliphatic heterocycles. The summed E-state index contributed by atoms with van der Waals surface area (Å²) in [7, 11) is 0. The summed E-state index contributed by atoms with van der Waals surface area (Å²) in [5.74, 6) is 0.589. The minimum Gasteiger partial charge on any atom is -0.361 e. The Morgan fingerprint density at radius 3 is 3.18 bits per heavy atom. The largest absolute Gasteiger partial charge is 0.361 e. The van der Waals surface area contributed by atoms with Gasteiger partial charge in [-0.05, 0) is 30.0 Å². The van der Waals surface area contributed by atoms with E-state index in [4.69, 9.17) is 5.73 Å². The predicted molar refractivity (Wildman–Crippen MR) is 69.1 cm³/mol. The number of nitrogens with two attached hydrogens (primary N) is 1. The average Bonchev–Trinajstić information content (AvgIpc) is 2.75. The van der Waals surface area contributed by atoms with Gasteiger partial charge in [-0.2, -0.15) is 0 Å². The molecule has 2 aliphatic rings. The molecule has 2 aromatic rings. The van der Waals surface area contributed by atoms with Crippen LogP contribution in [0.5, 0.6) is 0 Å². The van der Waals surface area contributed by atoms with E-state index in [-0.39, 0.29) is 0 Å². The van der Waals surface area contributed by atoms with Crippen molar-refractivity contribution in [1.29, 1.82) is 0 Å². The highest BCUT2D eigenvalue weighted by molar-refractivity contribution is 5.88. The Morgan fingerprint density at radius 1 is 1.29 bits per heavy atom. The van der Waals surface area contributed by atoms with Crippen molar-refractivity contribution in [3.8, 4) is 0 Å². The van der Waals surface area contributed by atoms with Crippen LogP contribution < -0.4 is 11.1 Å². The average molecular weight is 227 g/mol. The quantitative estimate of drug-likeness (QED) is 0.639. The van der Waals surface area contributed by atoms with Gasteiger partial charge in [0.2, 0.25) is 0 Å². The Balaban J connectivity index is 1.92. The molecule has 0 bridgehead atoms. The van der Waals surface area contributed by atoms with Gasteiger partial charge in [-0.3, -0.25) is 0 Å². The molecule has 1 aromatic heterocycles. The van der Waals surface area contributed by atoms with Crippen LogP contribution in [0.25, 0.3) is 10.9 Å². The van der Waals surface area contributed by atoms with E-state index in [2.05, 4.69) is 34.7 Å². The molecule has 4 rings (SSSR count). The van der Waals surface area contributed by atoms with Gasteiger partial charge >= 0.3 is 0 Å². The maximum Gasteiger partial charge on any atom is 0.0459 e. The highest BCUT2D eigenvalue weighted by Crippen LogP contribution is 2.40. The normalized spacial score (nSPS) is 31.5. The molecule has 0 radical (unpaired) electrons. The fraction of sp³-hybridized carbons (Fsp3) is 0.429. The van der Waals surface area contributed by atoms with Gasteiger partial charge in [0, 0.05) is 41.6 Å². The van der Waals surface area contributed by atoms with Crippen molar-refractivity contribution in [3.63, 3.8) is 0 Å². The summed E-state index contributed by atoms with van der Waals surface area (Å²) >= 11 is 0. The number of fused-ring (bicyclic) bond motifs is 2. The maximum absolute atomic E-state index is 6.09. The van der Waals surface area contributed by atoms with Crippen LogP contribution in [0.1, 0.15) is 23.5 Å². The first-order chi connectivity index (χ1) is 8.33. The van der Waals surface area contributed by atoms with Crippen molar-refractivity contribution < 1.29 is 0 Å². The zero-order chi connectivity index (χ0) is 11.4. The Labute approximate surface area is 100 Å². The molecule has 1 unspecified atom stereocenters. The van der Waals surface area contributed by atoms with Crippen LogP contribution in [0.3, 0.4) is 0 Å². The fourth-order valence-electron chi connectivity index (χ4n) is 3.57. The topological polar surface area (TPSA) is 53.8 Å². The lowest BCUT2D eigenvalue weighted by Gasteiger charge is -2.39. The molecule has 88 valence electrons. The monoisotopic (exact) mass is 227 g/mol. The summed E-state index contributed by atoms with van der Waals surface area (Å²) in [6, 6.07) is 7.46. The lowest BCUT2D eigenvalue weighted by atomic mass is 9.75. The molecule has 17 heavy (non-hydrogen) atoms. The molecule has 3 heteroatoms. The Kier molecular flexibility index (Phi) is 1.90. The molecular formula is C14H17N3. The third kappa shape index (κ3) is 1.30. The van der Waals surface area contributed by atoms with E-state index in [1.54, 1.807) is 0 Å². The second kappa shape index (κ2) is 3.34. The van der Waals surface area contributed by atoms with Crippen molar-refractivity contribution in [1.82, 2.24) is 10.3 Å². The number of hydrogen-bond donors (Lipinski definition) is 3. The predicted octanol–water partition coefficient (Wildman–Crippen LogP) is 1.50. The van der Waals surface area contributed by atoms with Gasteiger partial charge in [-0.15, -0.1) is 0 Å². The summed E-state index contributed by atoms with van der Waals surface area (Å²) in [5.41, 5.74) is 10.3. The van der Waals surface area contributed by atoms with Crippen LogP contribution in [0.4, 0.5) is 0 Å². The Bertz CT molecular complexity index is 572. The Hall–Kier alpha value is -1.32. The summed E-state index contributed by atoms with van der Waals surface area (Å²) in [5, 5.41) is 5.05. The lowest BCUT2D eigenvalue weighted by molar-refractivity contribution is 0.316. The minimum atomic E-state index is 0.298. The van der Waals surface area contributed by atoms with Crippen molar-refractivity contribution >= 4 is 10.9 Å². The number of H-pyrrole nitrogens is 1. The van der Waals surface area contributed by atoms with E-state index in [1.165, 1.54) is 22.0 Å². The number of aromatic nitrogens is 1. The summed E-state index contributed by atoms with van der Waals surface area (Å²) in [4.78, 5) is 3.38. The smallest absolute Gasteiger partial charge is 0.0459 e. The van der Waals surface area contributed by atoms with Gasteiger partial charge in [0.25, 0.3) is 0 Å². The zero-order valence-electron chi connectivity index (χ0n) is 9.74. The maximum atomic E-state index is 6.09. The molecule has 0 amide bonds. The first kappa shape index (κ1) is 9.68. The second-order valence-corrected chi connectivity index (χ2v) is 5.40. The molecule has 0 spiro atoms. The van der Waals surface area contributed by atoms with E-state index in [9.17, 15) is 0 Å². The number of benzene rings is 1. The van der Waals surface area contributed by atoms with Crippen LogP contribution in [0.2, 0.25) is 0 Å². The fourth-order valence-corrected chi connectivity index (χ4v) is 3.57. The van der Waals surface area contributed by atoms with E-state index in [0.29, 0.717) is 18.0 Å². The first-order valence-corrected chi connectivity index (χ1v) is 6.41. The third-order valence-electron chi connectivity index (χ3n) is 4.34. The van der Waals surface area contributed by atoms with Gasteiger partial charge in [-0.25, -0.2) is 0 Å². The molecular weight excluding hydrogens is 210 g/mol. The molecule has 3 atom stereocenters. The van der Waals surface area contributed by atoms with E-state index in [0.717, 1.165) is 19.4 Å². The molecule has 1 fully saturated rings. The molecule has 0 saturated carbocycles. The molecule has 1 saturated heterocycles. The van der Waals surface area contributed by atoms with Crippen molar-refractivity contribution in [2.24, 2.45) is 5.73 Å². The minimum absolute atomic E-state index is 0.298. The van der Waals surface area contributed by atoms with Gasteiger partial charge in [0.1, 0.15) is 0 Å². The van der Waals surface area contributed by atoms with Crippen LogP contribution in [0.15, 0.2) is 24.4 Å². The third-order valence-corrected chi connectivity index (χ3v) is 4.34. The van der Waals surface area contributed by atoms with Gasteiger partial charge in [0.15, 0.2) is 0 Å². The zero-order valence-corrected chi connectivity index (χ0v) is 9.74. The molecule has 1 aromatic carbocycles. The molecule has 2 heterocycles. The number of hydrogen-bond acceptors (Lipinski definition) is 2. The van der Waals surface area contributed by atoms with E-state index >= 15 is 0 Å². The van der Waals surface area contributed by atoms with Crippen molar-refractivity contribution in [2.75, 3.05) is 6.54 Å². The van der Waals surface area contributed by atoms with Crippen LogP contribution in [-0.2, 0) is 6.42 Å². The van der Waals surface area contributed by atoms with E-state index < -0.39 is 0 Å². The van der Waals surface area contributed by atoms with E-state index in [1.807, 2.05) is 0 Å². The summed E-state index contributed by atoms with van der Waals surface area (Å²) in [6.07, 6.45) is 4.41. The number of rotatable bonds is 0. The number of nitrogens with one attached hydrogen (secondary N) is 2. The highest BCUT2D eigenvalue weighted by atomic mass is 15.0. The SMILES string of the molecule is NC1CN[C@@H]2Cc3c[nH]c4cccc(c34)[C@H]2C1. The van der Waals surface area contributed by atoms with Gasteiger partial charge < -0.3 is 16.0 Å². The standard InChI is InChI=1S/C14H17N3/c15-9-5-11-10-2-1-3-12-14(10)8(6-16-12)4-13(11)17-7-9/h1-3,6,9,11,13,16-17H,4-5,7,15H2/t9?,11-,13-/m1/s1. The summed E-state index contributed by atoms with van der Waals surface area (Å²) < 4.78 is 0. The van der Waals surface area contributed by atoms with Gasteiger partial charge in [-0.1, -0.05) is 12.1 Å². The number of aromatic amines is 1. The van der Waals surface area contributed by atoms with Crippen LogP contribution >= 0.6 is 0 Å². The van der Waals surface area contributed by atoms with Crippen molar-refractivity contribution in [3.05, 3.63) is 35.5 Å². The Morgan fingerprint density at radius 2 is 2.24 bits per heavy atom. The molecule has 4 N–H and O–H groups in total. The number of piperidine rings is 1. The van der Waals surface area contributed by atoms with Gasteiger partial charge in [0.05, 0.1) is 0 Å². The van der Waals surface area contributed by atoms with Crippen molar-refractivity contribution in [2.45, 2.75) is 30.8 Å². The highest BCUT2D eigenvalue weighted by Gasteiger charge is 2.34. The molecule has 1 aliphatic carbocycles. The first-order valence-electron chi connectivity index (χ1n) is 6.41. The second-order valence-electron chi connectivity index (χ2n) is 5.40. The lowest BCUT2D eigenvalue weighted by Crippen LogP contribution is -2.51. The molecule has 3 nitrogen and oxygen atoms in total. The van der Waals surface area contributed by atoms with Crippen LogP contribution in [-0.4, -0.2) is 23.6 Å².